The highest BCUT2D eigenvalue weighted by molar-refractivity contribution is 6.00. The van der Waals surface area contributed by atoms with Gasteiger partial charge in [0, 0.05) is 0 Å². The Labute approximate surface area is 148 Å². The highest BCUT2D eigenvalue weighted by atomic mass is 16.2. The van der Waals surface area contributed by atoms with Gasteiger partial charge in [0.05, 0.1) is 11.4 Å². The Kier molecular flexibility index (Phi) is 7.31. The van der Waals surface area contributed by atoms with E-state index in [0.717, 1.165) is 24.2 Å². The van der Waals surface area contributed by atoms with Gasteiger partial charge >= 0.3 is 0 Å². The zero-order chi connectivity index (χ0) is 17.9. The van der Waals surface area contributed by atoms with Crippen LogP contribution in [-0.4, -0.2) is 11.8 Å². The lowest BCUT2D eigenvalue weighted by Gasteiger charge is -2.18. The smallest absolute Gasteiger partial charge is 0.250 e. The van der Waals surface area contributed by atoms with E-state index in [1.165, 1.54) is 0 Å². The molecule has 0 heterocycles. The number of anilines is 2. The van der Waals surface area contributed by atoms with Crippen LogP contribution >= 0.6 is 0 Å². The number of unbranched alkanes of at least 4 members (excludes halogenated alkanes) is 1. The fourth-order valence-corrected chi connectivity index (χ4v) is 2.27. The number of hydrogen-bond donors (Lipinski definition) is 4. The quantitative estimate of drug-likeness (QED) is 0.418. The number of nitrogens with one attached hydrogen (secondary N) is 4. The van der Waals surface area contributed by atoms with Crippen LogP contribution in [0.2, 0.25) is 0 Å². The van der Waals surface area contributed by atoms with Crippen LogP contribution in [0.15, 0.2) is 60.7 Å². The summed E-state index contributed by atoms with van der Waals surface area (Å²) < 4.78 is 0. The first-order chi connectivity index (χ1) is 12.2. The van der Waals surface area contributed by atoms with Gasteiger partial charge in [-0.05, 0) is 30.7 Å². The van der Waals surface area contributed by atoms with Crippen LogP contribution in [0.5, 0.6) is 0 Å². The molecule has 0 saturated carbocycles. The van der Waals surface area contributed by atoms with Crippen molar-refractivity contribution in [2.75, 3.05) is 10.9 Å². The first-order valence-corrected chi connectivity index (χ1v) is 8.42. The molecule has 0 bridgehead atoms. The van der Waals surface area contributed by atoms with Crippen LogP contribution in [0.4, 0.5) is 11.4 Å². The van der Waals surface area contributed by atoms with Crippen molar-refractivity contribution < 1.29 is 9.59 Å². The Balaban J connectivity index is 1.91. The predicted molar refractivity (Wildman–Crippen MR) is 99.4 cm³/mol. The molecule has 0 aromatic heterocycles. The molecule has 2 rings (SSSR count). The van der Waals surface area contributed by atoms with Crippen LogP contribution < -0.4 is 21.7 Å². The van der Waals surface area contributed by atoms with Crippen LogP contribution in [-0.2, 0) is 9.59 Å². The fraction of sp³-hybridized carbons (Fsp3) is 0.263. The topological polar surface area (TPSA) is 82.3 Å². The van der Waals surface area contributed by atoms with Gasteiger partial charge in [0.1, 0.15) is 5.92 Å². The van der Waals surface area contributed by atoms with Crippen LogP contribution in [0.25, 0.3) is 0 Å². The Hall–Kier alpha value is -3.02. The summed E-state index contributed by atoms with van der Waals surface area (Å²) in [5.74, 6) is -1.48. The molecule has 2 aromatic rings. The Morgan fingerprint density at radius 3 is 1.64 bits per heavy atom. The van der Waals surface area contributed by atoms with E-state index in [9.17, 15) is 9.59 Å². The van der Waals surface area contributed by atoms with Gasteiger partial charge in [0.25, 0.3) is 11.8 Å². The molecule has 0 aliphatic carbocycles. The summed E-state index contributed by atoms with van der Waals surface area (Å²) in [7, 11) is 0. The second-order valence-electron chi connectivity index (χ2n) is 5.66. The lowest BCUT2D eigenvalue weighted by atomic mass is 10.0. The minimum atomic E-state index is -0.771. The van der Waals surface area contributed by atoms with Crippen LogP contribution in [0.3, 0.4) is 0 Å². The van der Waals surface area contributed by atoms with E-state index >= 15 is 0 Å². The molecule has 0 spiro atoms. The number of hydrazine groups is 2. The number of amides is 2. The molecule has 0 fully saturated rings. The number of para-hydroxylation sites is 2. The molecule has 2 amide bonds. The summed E-state index contributed by atoms with van der Waals surface area (Å²) in [6.45, 7) is 2.03. The van der Waals surface area contributed by atoms with Crippen LogP contribution in [0, 0.1) is 5.92 Å². The van der Waals surface area contributed by atoms with Crippen molar-refractivity contribution in [2.24, 2.45) is 5.92 Å². The monoisotopic (exact) mass is 340 g/mol. The van der Waals surface area contributed by atoms with Gasteiger partial charge in [-0.1, -0.05) is 56.2 Å². The van der Waals surface area contributed by atoms with Crippen molar-refractivity contribution in [1.82, 2.24) is 10.9 Å². The Morgan fingerprint density at radius 2 is 1.24 bits per heavy atom. The molecule has 0 saturated heterocycles. The second-order valence-corrected chi connectivity index (χ2v) is 5.66. The largest absolute Gasteiger partial charge is 0.299 e. The van der Waals surface area contributed by atoms with Gasteiger partial charge in [-0.2, -0.15) is 0 Å². The van der Waals surface area contributed by atoms with E-state index in [4.69, 9.17) is 0 Å². The second kappa shape index (κ2) is 9.97. The van der Waals surface area contributed by atoms with Crippen molar-refractivity contribution in [3.05, 3.63) is 60.7 Å². The molecule has 4 N–H and O–H groups in total. The number of rotatable bonds is 9. The third-order valence-electron chi connectivity index (χ3n) is 3.69. The first-order valence-electron chi connectivity index (χ1n) is 8.42. The maximum Gasteiger partial charge on any atom is 0.250 e. The summed E-state index contributed by atoms with van der Waals surface area (Å²) >= 11 is 0. The zero-order valence-electron chi connectivity index (χ0n) is 14.3. The van der Waals surface area contributed by atoms with Gasteiger partial charge < -0.3 is 0 Å². The zero-order valence-corrected chi connectivity index (χ0v) is 14.3. The van der Waals surface area contributed by atoms with Crippen molar-refractivity contribution in [1.29, 1.82) is 0 Å². The summed E-state index contributed by atoms with van der Waals surface area (Å²) in [4.78, 5) is 24.8. The average molecular weight is 340 g/mol. The number of carbonyl (C=O) groups excluding carboxylic acids is 2. The van der Waals surface area contributed by atoms with Gasteiger partial charge in [0.15, 0.2) is 0 Å². The molecular formula is C19H24N4O2. The molecular weight excluding hydrogens is 316 g/mol. The molecule has 25 heavy (non-hydrogen) atoms. The van der Waals surface area contributed by atoms with E-state index in [1.54, 1.807) is 0 Å². The third kappa shape index (κ3) is 6.18. The number of hydrogen-bond acceptors (Lipinski definition) is 4. The molecule has 6 heteroatoms. The van der Waals surface area contributed by atoms with Crippen molar-refractivity contribution in [2.45, 2.75) is 26.2 Å². The molecule has 0 aliphatic rings. The number of benzene rings is 2. The van der Waals surface area contributed by atoms with Gasteiger partial charge in [-0.25, -0.2) is 0 Å². The molecule has 0 atom stereocenters. The maximum absolute atomic E-state index is 12.4. The summed E-state index contributed by atoms with van der Waals surface area (Å²) in [5, 5.41) is 0. The minimum absolute atomic E-state index is 0.357. The van der Waals surface area contributed by atoms with Crippen molar-refractivity contribution in [3.63, 3.8) is 0 Å². The first kappa shape index (κ1) is 18.3. The van der Waals surface area contributed by atoms with E-state index in [-0.39, 0.29) is 11.8 Å². The van der Waals surface area contributed by atoms with Crippen molar-refractivity contribution in [3.8, 4) is 0 Å². The maximum atomic E-state index is 12.4. The lowest BCUT2D eigenvalue weighted by molar-refractivity contribution is -0.135. The molecule has 2 aromatic carbocycles. The Morgan fingerprint density at radius 1 is 0.800 bits per heavy atom. The Bertz CT molecular complexity index is 606. The minimum Gasteiger partial charge on any atom is -0.299 e. The molecule has 132 valence electrons. The molecule has 0 radical (unpaired) electrons. The van der Waals surface area contributed by atoms with E-state index < -0.39 is 5.92 Å². The van der Waals surface area contributed by atoms with E-state index in [0.29, 0.717) is 6.42 Å². The standard InChI is InChI=1S/C19H24N4O2/c1-2-3-14-17(18(24)22-20-15-10-6-4-7-11-15)19(25)23-21-16-12-8-5-9-13-16/h4-13,17,20-21H,2-3,14H2,1H3,(H,22,24)(H,23,25). The predicted octanol–water partition coefficient (Wildman–Crippen LogP) is 3.08. The highest BCUT2D eigenvalue weighted by Crippen LogP contribution is 2.11. The molecule has 0 aliphatic heterocycles. The summed E-state index contributed by atoms with van der Waals surface area (Å²) in [6, 6.07) is 18.5. The van der Waals surface area contributed by atoms with Gasteiger partial charge in [-0.15, -0.1) is 0 Å². The van der Waals surface area contributed by atoms with Gasteiger partial charge in [0.2, 0.25) is 0 Å². The molecule has 0 unspecified atom stereocenters. The average Bonchev–Trinajstić information content (AvgIpc) is 2.66. The van der Waals surface area contributed by atoms with E-state index in [2.05, 4.69) is 21.7 Å². The SMILES string of the molecule is CCCCC(C(=O)NNc1ccccc1)C(=O)NNc1ccccc1. The third-order valence-corrected chi connectivity index (χ3v) is 3.69. The van der Waals surface area contributed by atoms with Crippen molar-refractivity contribution >= 4 is 23.2 Å². The number of carbonyl (C=O) groups is 2. The molecule has 6 nitrogen and oxygen atoms in total. The fourth-order valence-electron chi connectivity index (χ4n) is 2.27. The summed E-state index contributed by atoms with van der Waals surface area (Å²) in [6.07, 6.45) is 2.19. The van der Waals surface area contributed by atoms with Crippen LogP contribution in [0.1, 0.15) is 26.2 Å². The highest BCUT2D eigenvalue weighted by Gasteiger charge is 2.26. The summed E-state index contributed by atoms with van der Waals surface area (Å²) in [5.41, 5.74) is 12.4. The lowest BCUT2D eigenvalue weighted by Crippen LogP contribution is -2.44. The normalized spacial score (nSPS) is 10.2. The van der Waals surface area contributed by atoms with Gasteiger partial charge in [-0.3, -0.25) is 31.3 Å². The van der Waals surface area contributed by atoms with E-state index in [1.807, 2.05) is 67.6 Å².